The first-order valence-corrected chi connectivity index (χ1v) is 6.09. The first-order chi connectivity index (χ1) is 8.00. The van der Waals surface area contributed by atoms with Crippen molar-refractivity contribution in [2.75, 3.05) is 6.54 Å². The summed E-state index contributed by atoms with van der Waals surface area (Å²) < 4.78 is 0. The molecule has 1 aromatic rings. The fourth-order valence-corrected chi connectivity index (χ4v) is 2.07. The Morgan fingerprint density at radius 2 is 2.06 bits per heavy atom. The van der Waals surface area contributed by atoms with Gasteiger partial charge < -0.3 is 11.1 Å². The van der Waals surface area contributed by atoms with Gasteiger partial charge in [-0.15, -0.1) is 0 Å². The van der Waals surface area contributed by atoms with E-state index in [4.69, 9.17) is 5.73 Å². The minimum Gasteiger partial charge on any atom is -0.354 e. The largest absolute Gasteiger partial charge is 0.354 e. The molecule has 1 saturated carbocycles. The van der Waals surface area contributed by atoms with Gasteiger partial charge in [-0.3, -0.25) is 4.79 Å². The predicted molar refractivity (Wildman–Crippen MR) is 68.3 cm³/mol. The quantitative estimate of drug-likeness (QED) is 0.832. The Labute approximate surface area is 102 Å². The highest BCUT2D eigenvalue weighted by Gasteiger charge is 2.45. The molecule has 0 bridgehead atoms. The third-order valence-electron chi connectivity index (χ3n) is 3.68. The number of carbonyl (C=O) groups is 1. The van der Waals surface area contributed by atoms with Crippen LogP contribution in [0.15, 0.2) is 30.3 Å². The van der Waals surface area contributed by atoms with Gasteiger partial charge in [0.1, 0.15) is 6.04 Å². The Hall–Kier alpha value is -1.35. The monoisotopic (exact) mass is 232 g/mol. The predicted octanol–water partition coefficient (Wildman–Crippen LogP) is 1.85. The van der Waals surface area contributed by atoms with Crippen LogP contribution in [0.1, 0.15) is 31.9 Å². The Balaban J connectivity index is 1.84. The molecule has 1 amide bonds. The van der Waals surface area contributed by atoms with Gasteiger partial charge >= 0.3 is 0 Å². The highest BCUT2D eigenvalue weighted by Crippen LogP contribution is 2.50. The highest BCUT2D eigenvalue weighted by molar-refractivity contribution is 5.82. The van der Waals surface area contributed by atoms with Gasteiger partial charge in [0, 0.05) is 6.54 Å². The Morgan fingerprint density at radius 1 is 1.47 bits per heavy atom. The van der Waals surface area contributed by atoms with E-state index in [1.807, 2.05) is 30.3 Å². The summed E-state index contributed by atoms with van der Waals surface area (Å²) in [7, 11) is 0. The lowest BCUT2D eigenvalue weighted by Crippen LogP contribution is -2.35. The molecule has 3 nitrogen and oxygen atoms in total. The maximum absolute atomic E-state index is 11.9. The lowest BCUT2D eigenvalue weighted by Gasteiger charge is -2.13. The molecule has 92 valence electrons. The number of rotatable bonds is 4. The molecule has 3 N–H and O–H groups in total. The van der Waals surface area contributed by atoms with E-state index in [0.717, 1.165) is 12.1 Å². The van der Waals surface area contributed by atoms with Gasteiger partial charge in [-0.1, -0.05) is 44.2 Å². The molecule has 0 saturated heterocycles. The summed E-state index contributed by atoms with van der Waals surface area (Å²) >= 11 is 0. The molecule has 1 aliphatic rings. The van der Waals surface area contributed by atoms with Crippen LogP contribution in [0.3, 0.4) is 0 Å². The van der Waals surface area contributed by atoms with Crippen molar-refractivity contribution in [2.45, 2.75) is 26.3 Å². The van der Waals surface area contributed by atoms with Crippen LogP contribution in [0.25, 0.3) is 0 Å². The number of hydrogen-bond acceptors (Lipinski definition) is 2. The van der Waals surface area contributed by atoms with E-state index in [1.165, 1.54) is 6.42 Å². The molecule has 0 aromatic heterocycles. The van der Waals surface area contributed by atoms with Crippen molar-refractivity contribution in [3.05, 3.63) is 35.9 Å². The van der Waals surface area contributed by atoms with E-state index in [-0.39, 0.29) is 5.91 Å². The first kappa shape index (κ1) is 12.1. The normalized spacial score (nSPS) is 22.9. The lowest BCUT2D eigenvalue weighted by atomic mass is 10.1. The Morgan fingerprint density at radius 3 is 2.59 bits per heavy atom. The summed E-state index contributed by atoms with van der Waals surface area (Å²) in [6.07, 6.45) is 1.19. The van der Waals surface area contributed by atoms with Gasteiger partial charge in [0.25, 0.3) is 0 Å². The molecule has 0 aliphatic heterocycles. The van der Waals surface area contributed by atoms with E-state index < -0.39 is 6.04 Å². The van der Waals surface area contributed by atoms with Crippen molar-refractivity contribution in [1.29, 1.82) is 0 Å². The molecular weight excluding hydrogens is 212 g/mol. The molecule has 1 fully saturated rings. The lowest BCUT2D eigenvalue weighted by molar-refractivity contribution is -0.122. The van der Waals surface area contributed by atoms with Crippen LogP contribution < -0.4 is 11.1 Å². The molecule has 2 atom stereocenters. The number of nitrogens with two attached hydrogens (primary N) is 1. The standard InChI is InChI=1S/C14H20N2O/c1-14(2)8-11(14)9-16-13(17)12(15)10-6-4-3-5-7-10/h3-7,11-12H,8-9,15H2,1-2H3,(H,16,17)/t11?,12-/m0/s1. The number of carbonyl (C=O) groups excluding carboxylic acids is 1. The van der Waals surface area contributed by atoms with E-state index in [9.17, 15) is 4.79 Å². The number of benzene rings is 1. The zero-order valence-electron chi connectivity index (χ0n) is 10.4. The molecule has 3 heteroatoms. The average Bonchev–Trinajstić information content (AvgIpc) is 2.94. The van der Waals surface area contributed by atoms with Crippen molar-refractivity contribution in [1.82, 2.24) is 5.32 Å². The number of nitrogens with one attached hydrogen (secondary N) is 1. The van der Waals surface area contributed by atoms with Gasteiger partial charge in [-0.05, 0) is 23.3 Å². The van der Waals surface area contributed by atoms with E-state index in [1.54, 1.807) is 0 Å². The molecule has 0 spiro atoms. The second kappa shape index (κ2) is 4.49. The molecule has 1 aliphatic carbocycles. The van der Waals surface area contributed by atoms with E-state index >= 15 is 0 Å². The van der Waals surface area contributed by atoms with Crippen molar-refractivity contribution in [3.63, 3.8) is 0 Å². The Kier molecular flexibility index (Phi) is 3.20. The van der Waals surface area contributed by atoms with Crippen molar-refractivity contribution in [3.8, 4) is 0 Å². The molecule has 1 aromatic carbocycles. The fraction of sp³-hybridized carbons (Fsp3) is 0.500. The average molecular weight is 232 g/mol. The summed E-state index contributed by atoms with van der Waals surface area (Å²) in [4.78, 5) is 11.9. The van der Waals surface area contributed by atoms with Crippen LogP contribution in [-0.4, -0.2) is 12.5 Å². The van der Waals surface area contributed by atoms with Gasteiger partial charge in [0.2, 0.25) is 5.91 Å². The maximum Gasteiger partial charge on any atom is 0.241 e. The zero-order chi connectivity index (χ0) is 12.5. The molecule has 1 unspecified atom stereocenters. The molecule has 17 heavy (non-hydrogen) atoms. The summed E-state index contributed by atoms with van der Waals surface area (Å²) in [5.74, 6) is 0.522. The van der Waals surface area contributed by atoms with E-state index in [2.05, 4.69) is 19.2 Å². The first-order valence-electron chi connectivity index (χ1n) is 6.09. The third kappa shape index (κ3) is 2.86. The van der Waals surface area contributed by atoms with Gasteiger partial charge in [0.15, 0.2) is 0 Å². The SMILES string of the molecule is CC1(C)CC1CNC(=O)[C@@H](N)c1ccccc1. The topological polar surface area (TPSA) is 55.1 Å². The Bertz CT molecular complexity index is 400. The molecular formula is C14H20N2O. The van der Waals surface area contributed by atoms with Crippen molar-refractivity contribution in [2.24, 2.45) is 17.1 Å². The summed E-state index contributed by atoms with van der Waals surface area (Å²) in [6.45, 7) is 5.19. The van der Waals surface area contributed by atoms with Gasteiger partial charge in [0.05, 0.1) is 0 Å². The number of hydrogen-bond donors (Lipinski definition) is 2. The zero-order valence-corrected chi connectivity index (χ0v) is 10.4. The second-order valence-corrected chi connectivity index (χ2v) is 5.52. The van der Waals surface area contributed by atoms with Crippen LogP contribution in [0.2, 0.25) is 0 Å². The third-order valence-corrected chi connectivity index (χ3v) is 3.68. The van der Waals surface area contributed by atoms with Crippen molar-refractivity contribution < 1.29 is 4.79 Å². The summed E-state index contributed by atoms with van der Waals surface area (Å²) in [6, 6.07) is 8.91. The minimum absolute atomic E-state index is 0.0844. The minimum atomic E-state index is -0.557. The summed E-state index contributed by atoms with van der Waals surface area (Å²) in [5, 5.41) is 2.93. The van der Waals surface area contributed by atoms with Crippen LogP contribution in [0.5, 0.6) is 0 Å². The van der Waals surface area contributed by atoms with Crippen LogP contribution >= 0.6 is 0 Å². The van der Waals surface area contributed by atoms with Gasteiger partial charge in [-0.25, -0.2) is 0 Å². The molecule has 0 heterocycles. The molecule has 2 rings (SSSR count). The van der Waals surface area contributed by atoms with Crippen LogP contribution in [-0.2, 0) is 4.79 Å². The highest BCUT2D eigenvalue weighted by atomic mass is 16.2. The second-order valence-electron chi connectivity index (χ2n) is 5.52. The van der Waals surface area contributed by atoms with Crippen molar-refractivity contribution >= 4 is 5.91 Å². The number of amides is 1. The fourth-order valence-electron chi connectivity index (χ4n) is 2.07. The van der Waals surface area contributed by atoms with Crippen LogP contribution in [0.4, 0.5) is 0 Å². The summed E-state index contributed by atoms with van der Waals surface area (Å²) in [5.41, 5.74) is 7.15. The van der Waals surface area contributed by atoms with Crippen LogP contribution in [0, 0.1) is 11.3 Å². The maximum atomic E-state index is 11.9. The molecule has 0 radical (unpaired) electrons. The van der Waals surface area contributed by atoms with Gasteiger partial charge in [-0.2, -0.15) is 0 Å². The van der Waals surface area contributed by atoms with E-state index in [0.29, 0.717) is 11.3 Å². The smallest absolute Gasteiger partial charge is 0.241 e.